The zero-order valence-corrected chi connectivity index (χ0v) is 9.22. The Morgan fingerprint density at radius 1 is 1.36 bits per heavy atom. The van der Waals surface area contributed by atoms with E-state index in [9.17, 15) is 0 Å². The number of imidazole rings is 1. The zero-order valence-electron chi connectivity index (χ0n) is 8.46. The molecule has 0 aromatic carbocycles. The van der Waals surface area contributed by atoms with Crippen molar-refractivity contribution in [2.24, 2.45) is 5.92 Å². The predicted octanol–water partition coefficient (Wildman–Crippen LogP) is 3.00. The zero-order chi connectivity index (χ0) is 9.71. The average molecular weight is 211 g/mol. The van der Waals surface area contributed by atoms with Gasteiger partial charge in [-0.1, -0.05) is 18.5 Å². The van der Waals surface area contributed by atoms with Crippen molar-refractivity contribution in [1.29, 1.82) is 0 Å². The Morgan fingerprint density at radius 3 is 2.86 bits per heavy atom. The van der Waals surface area contributed by atoms with Crippen LogP contribution in [0.1, 0.15) is 43.6 Å². The molecule has 1 aromatic rings. The second-order valence-corrected chi connectivity index (χ2v) is 5.09. The van der Waals surface area contributed by atoms with Gasteiger partial charge in [-0.3, -0.25) is 0 Å². The average Bonchev–Trinajstić information content (AvgIpc) is 2.94. The summed E-state index contributed by atoms with van der Waals surface area (Å²) >= 11 is 6.17. The van der Waals surface area contributed by atoms with Crippen LogP contribution in [0.3, 0.4) is 0 Å². The fourth-order valence-electron chi connectivity index (χ4n) is 2.35. The maximum Gasteiger partial charge on any atom is 0.150 e. The maximum atomic E-state index is 6.17. The summed E-state index contributed by atoms with van der Waals surface area (Å²) in [6.45, 7) is 3.42. The highest BCUT2D eigenvalue weighted by Crippen LogP contribution is 2.42. The van der Waals surface area contributed by atoms with Crippen molar-refractivity contribution < 1.29 is 0 Å². The standard InChI is InChI=1S/C11H15ClN2/c1-7-4-5-14-9(6-7)10(12)13-11(14)8-2-3-8/h7-8H,2-6H2,1H3. The van der Waals surface area contributed by atoms with Gasteiger partial charge in [-0.15, -0.1) is 0 Å². The van der Waals surface area contributed by atoms with E-state index in [4.69, 9.17) is 11.6 Å². The van der Waals surface area contributed by atoms with Crippen LogP contribution in [-0.2, 0) is 13.0 Å². The summed E-state index contributed by atoms with van der Waals surface area (Å²) in [4.78, 5) is 4.52. The van der Waals surface area contributed by atoms with Crippen LogP contribution in [0.25, 0.3) is 0 Å². The van der Waals surface area contributed by atoms with Gasteiger partial charge >= 0.3 is 0 Å². The number of aromatic nitrogens is 2. The van der Waals surface area contributed by atoms with E-state index in [1.807, 2.05) is 0 Å². The van der Waals surface area contributed by atoms with Crippen LogP contribution in [0.5, 0.6) is 0 Å². The Kier molecular flexibility index (Phi) is 1.88. The van der Waals surface area contributed by atoms with Gasteiger partial charge < -0.3 is 4.57 Å². The number of nitrogens with zero attached hydrogens (tertiary/aromatic N) is 2. The molecule has 1 aliphatic carbocycles. The molecule has 1 unspecified atom stereocenters. The minimum Gasteiger partial charge on any atom is -0.330 e. The third-order valence-electron chi connectivity index (χ3n) is 3.38. The van der Waals surface area contributed by atoms with Gasteiger partial charge in [0.15, 0.2) is 5.15 Å². The van der Waals surface area contributed by atoms with Crippen molar-refractivity contribution in [3.8, 4) is 0 Å². The molecule has 0 amide bonds. The first-order valence-corrected chi connectivity index (χ1v) is 5.88. The molecule has 1 saturated carbocycles. The summed E-state index contributed by atoms with van der Waals surface area (Å²) < 4.78 is 2.38. The third kappa shape index (κ3) is 1.28. The van der Waals surface area contributed by atoms with Crippen molar-refractivity contribution in [3.05, 3.63) is 16.7 Å². The lowest BCUT2D eigenvalue weighted by molar-refractivity contribution is 0.409. The smallest absolute Gasteiger partial charge is 0.150 e. The lowest BCUT2D eigenvalue weighted by Crippen LogP contribution is -2.18. The van der Waals surface area contributed by atoms with Gasteiger partial charge in [-0.2, -0.15) is 0 Å². The van der Waals surface area contributed by atoms with Crippen LogP contribution >= 0.6 is 11.6 Å². The Labute approximate surface area is 89.3 Å². The third-order valence-corrected chi connectivity index (χ3v) is 3.69. The van der Waals surface area contributed by atoms with Crippen molar-refractivity contribution in [1.82, 2.24) is 9.55 Å². The molecule has 0 saturated heterocycles. The highest BCUT2D eigenvalue weighted by molar-refractivity contribution is 6.30. The van der Waals surface area contributed by atoms with E-state index >= 15 is 0 Å². The molecule has 2 aliphatic rings. The Hall–Kier alpha value is -0.500. The van der Waals surface area contributed by atoms with E-state index in [0.717, 1.165) is 30.0 Å². The van der Waals surface area contributed by atoms with Gasteiger partial charge in [0.25, 0.3) is 0 Å². The lowest BCUT2D eigenvalue weighted by Gasteiger charge is -2.21. The fraction of sp³-hybridized carbons (Fsp3) is 0.727. The second-order valence-electron chi connectivity index (χ2n) is 4.73. The summed E-state index contributed by atoms with van der Waals surface area (Å²) in [5.74, 6) is 2.75. The van der Waals surface area contributed by atoms with Crippen molar-refractivity contribution >= 4 is 11.6 Å². The molecule has 1 aromatic heterocycles. The first-order valence-electron chi connectivity index (χ1n) is 5.50. The van der Waals surface area contributed by atoms with E-state index in [1.54, 1.807) is 0 Å². The van der Waals surface area contributed by atoms with E-state index in [1.165, 1.54) is 30.8 Å². The molecule has 2 heterocycles. The number of hydrogen-bond acceptors (Lipinski definition) is 1. The van der Waals surface area contributed by atoms with Gasteiger partial charge in [0.1, 0.15) is 5.82 Å². The summed E-state index contributed by atoms with van der Waals surface area (Å²) in [7, 11) is 0. The van der Waals surface area contributed by atoms with E-state index in [0.29, 0.717) is 0 Å². The van der Waals surface area contributed by atoms with E-state index in [2.05, 4.69) is 16.5 Å². The molecule has 0 spiro atoms. The molecule has 1 fully saturated rings. The van der Waals surface area contributed by atoms with Crippen LogP contribution in [0.15, 0.2) is 0 Å². The minimum absolute atomic E-state index is 0.717. The molecular formula is C11H15ClN2. The predicted molar refractivity (Wildman–Crippen MR) is 56.7 cm³/mol. The number of fused-ring (bicyclic) bond motifs is 1. The van der Waals surface area contributed by atoms with Crippen LogP contribution in [-0.4, -0.2) is 9.55 Å². The summed E-state index contributed by atoms with van der Waals surface area (Å²) in [6, 6.07) is 0. The highest BCUT2D eigenvalue weighted by atomic mass is 35.5. The Bertz CT molecular complexity index is 366. The van der Waals surface area contributed by atoms with Gasteiger partial charge in [0.05, 0.1) is 5.69 Å². The van der Waals surface area contributed by atoms with Crippen LogP contribution < -0.4 is 0 Å². The summed E-state index contributed by atoms with van der Waals surface area (Å²) in [5, 5.41) is 0.762. The first-order chi connectivity index (χ1) is 6.75. The minimum atomic E-state index is 0.717. The second kappa shape index (κ2) is 2.99. The van der Waals surface area contributed by atoms with Gasteiger partial charge in [-0.05, 0) is 31.6 Å². The highest BCUT2D eigenvalue weighted by Gasteiger charge is 2.32. The molecule has 76 valence electrons. The lowest BCUT2D eigenvalue weighted by atomic mass is 9.98. The molecule has 3 rings (SSSR count). The molecule has 1 aliphatic heterocycles. The molecule has 2 nitrogen and oxygen atoms in total. The van der Waals surface area contributed by atoms with E-state index in [-0.39, 0.29) is 0 Å². The molecule has 14 heavy (non-hydrogen) atoms. The summed E-state index contributed by atoms with van der Waals surface area (Å²) in [6.07, 6.45) is 5.00. The van der Waals surface area contributed by atoms with Crippen molar-refractivity contribution in [2.45, 2.75) is 45.1 Å². The number of rotatable bonds is 1. The molecule has 0 N–H and O–H groups in total. The Balaban J connectivity index is 2.04. The normalized spacial score (nSPS) is 26.3. The molecular weight excluding hydrogens is 196 g/mol. The summed E-state index contributed by atoms with van der Waals surface area (Å²) in [5.41, 5.74) is 1.28. The van der Waals surface area contributed by atoms with E-state index < -0.39 is 0 Å². The quantitative estimate of drug-likeness (QED) is 0.697. The van der Waals surface area contributed by atoms with Crippen LogP contribution in [0, 0.1) is 5.92 Å². The molecule has 1 atom stereocenters. The largest absolute Gasteiger partial charge is 0.330 e. The number of halogens is 1. The van der Waals surface area contributed by atoms with Gasteiger partial charge in [-0.25, -0.2) is 4.98 Å². The van der Waals surface area contributed by atoms with Crippen LogP contribution in [0.4, 0.5) is 0 Å². The Morgan fingerprint density at radius 2 is 2.14 bits per heavy atom. The fourth-order valence-corrected chi connectivity index (χ4v) is 2.62. The van der Waals surface area contributed by atoms with Gasteiger partial charge in [0.2, 0.25) is 0 Å². The van der Waals surface area contributed by atoms with Crippen LogP contribution in [0.2, 0.25) is 5.15 Å². The van der Waals surface area contributed by atoms with Crippen molar-refractivity contribution in [3.63, 3.8) is 0 Å². The SMILES string of the molecule is CC1CCn2c(C3CC3)nc(Cl)c2C1. The monoisotopic (exact) mass is 210 g/mol. The number of hydrogen-bond donors (Lipinski definition) is 0. The molecule has 3 heteroatoms. The molecule has 0 bridgehead atoms. The maximum absolute atomic E-state index is 6.17. The van der Waals surface area contributed by atoms with Crippen molar-refractivity contribution in [2.75, 3.05) is 0 Å². The van der Waals surface area contributed by atoms with Gasteiger partial charge in [0, 0.05) is 12.5 Å². The topological polar surface area (TPSA) is 17.8 Å². The first kappa shape index (κ1) is 8.78. The molecule has 0 radical (unpaired) electrons.